The van der Waals surface area contributed by atoms with Crippen molar-refractivity contribution in [2.45, 2.75) is 0 Å². The number of isothiocyanates is 1. The number of rotatable bonds is 4. The van der Waals surface area contributed by atoms with Gasteiger partial charge in [-0.25, -0.2) is 0 Å². The molecule has 1 aliphatic heterocycles. The Morgan fingerprint density at radius 2 is 1.95 bits per heavy atom. The van der Waals surface area contributed by atoms with E-state index in [1.807, 2.05) is 4.90 Å². The van der Waals surface area contributed by atoms with Gasteiger partial charge in [-0.2, -0.15) is 4.99 Å². The van der Waals surface area contributed by atoms with Crippen LogP contribution >= 0.6 is 12.2 Å². The predicted octanol–water partition coefficient (Wildman–Crippen LogP) is 1.57. The Kier molecular flexibility index (Phi) is 5.24. The van der Waals surface area contributed by atoms with E-state index in [-0.39, 0.29) is 12.5 Å². The molecule has 1 amide bonds. The molecule has 0 radical (unpaired) electrons. The number of benzene rings is 1. The van der Waals surface area contributed by atoms with E-state index in [1.165, 1.54) is 0 Å². The van der Waals surface area contributed by atoms with Crippen molar-refractivity contribution in [1.29, 1.82) is 0 Å². The molecule has 0 atom stereocenters. The van der Waals surface area contributed by atoms with E-state index >= 15 is 0 Å². The lowest BCUT2D eigenvalue weighted by Crippen LogP contribution is -2.48. The number of piperazine rings is 1. The van der Waals surface area contributed by atoms with E-state index in [0.29, 0.717) is 5.75 Å². The molecule has 0 aliphatic carbocycles. The van der Waals surface area contributed by atoms with E-state index in [2.05, 4.69) is 34.3 Å². The number of amides is 1. The summed E-state index contributed by atoms with van der Waals surface area (Å²) in [7, 11) is 2.06. The molecule has 6 heteroatoms. The van der Waals surface area contributed by atoms with Crippen LogP contribution < -0.4 is 4.74 Å². The molecule has 5 nitrogen and oxygen atoms in total. The maximum absolute atomic E-state index is 12.0. The number of hydrogen-bond donors (Lipinski definition) is 0. The molecule has 1 aliphatic rings. The van der Waals surface area contributed by atoms with E-state index in [9.17, 15) is 4.79 Å². The van der Waals surface area contributed by atoms with Crippen LogP contribution in [0.4, 0.5) is 5.69 Å². The van der Waals surface area contributed by atoms with Crippen LogP contribution in [-0.2, 0) is 4.79 Å². The first kappa shape index (κ1) is 14.7. The molecule has 0 saturated carbocycles. The largest absolute Gasteiger partial charge is 0.484 e. The zero-order valence-corrected chi connectivity index (χ0v) is 12.2. The molecule has 1 fully saturated rings. The Morgan fingerprint density at radius 3 is 2.55 bits per heavy atom. The molecule has 1 aromatic rings. The van der Waals surface area contributed by atoms with Gasteiger partial charge in [0.2, 0.25) is 0 Å². The van der Waals surface area contributed by atoms with Crippen molar-refractivity contribution >= 4 is 29.0 Å². The topological polar surface area (TPSA) is 45.1 Å². The second-order valence-corrected chi connectivity index (χ2v) is 4.85. The summed E-state index contributed by atoms with van der Waals surface area (Å²) < 4.78 is 5.49. The first-order chi connectivity index (χ1) is 9.69. The van der Waals surface area contributed by atoms with Crippen molar-refractivity contribution in [3.05, 3.63) is 24.3 Å². The number of carbonyl (C=O) groups excluding carboxylic acids is 1. The van der Waals surface area contributed by atoms with E-state index in [1.54, 1.807) is 24.3 Å². The second kappa shape index (κ2) is 7.14. The Balaban J connectivity index is 1.82. The Labute approximate surface area is 123 Å². The SMILES string of the molecule is CN1CCN(C(=O)COc2ccc(N=C=S)cc2)CC1. The molecule has 106 valence electrons. The van der Waals surface area contributed by atoms with E-state index in [0.717, 1.165) is 31.9 Å². The van der Waals surface area contributed by atoms with Gasteiger partial charge in [0.1, 0.15) is 5.75 Å². The highest BCUT2D eigenvalue weighted by Crippen LogP contribution is 2.17. The van der Waals surface area contributed by atoms with Crippen LogP contribution in [0.1, 0.15) is 0 Å². The number of nitrogens with zero attached hydrogens (tertiary/aromatic N) is 3. The van der Waals surface area contributed by atoms with Crippen LogP contribution in [0.25, 0.3) is 0 Å². The monoisotopic (exact) mass is 291 g/mol. The molecule has 1 heterocycles. The fourth-order valence-electron chi connectivity index (χ4n) is 1.96. The molecule has 0 spiro atoms. The zero-order chi connectivity index (χ0) is 14.4. The van der Waals surface area contributed by atoms with E-state index in [4.69, 9.17) is 4.74 Å². The first-order valence-corrected chi connectivity index (χ1v) is 6.87. The van der Waals surface area contributed by atoms with Crippen LogP contribution in [0.5, 0.6) is 5.75 Å². The minimum absolute atomic E-state index is 0.0269. The number of hydrogen-bond acceptors (Lipinski definition) is 5. The fourth-order valence-corrected chi connectivity index (χ4v) is 2.07. The van der Waals surface area contributed by atoms with Crippen LogP contribution in [0.2, 0.25) is 0 Å². The zero-order valence-electron chi connectivity index (χ0n) is 11.4. The van der Waals surface area contributed by atoms with Crippen LogP contribution in [0, 0.1) is 0 Å². The molecule has 0 N–H and O–H groups in total. The average molecular weight is 291 g/mol. The number of likely N-dealkylation sites (N-methyl/N-ethyl adjacent to an activating group) is 1. The maximum atomic E-state index is 12.0. The van der Waals surface area contributed by atoms with Gasteiger partial charge in [0.15, 0.2) is 6.61 Å². The summed E-state index contributed by atoms with van der Waals surface area (Å²) in [6.07, 6.45) is 0. The van der Waals surface area contributed by atoms with Crippen molar-refractivity contribution in [3.63, 3.8) is 0 Å². The summed E-state index contributed by atoms with van der Waals surface area (Å²) in [5.74, 6) is 0.676. The highest BCUT2D eigenvalue weighted by atomic mass is 32.1. The Morgan fingerprint density at radius 1 is 1.30 bits per heavy atom. The average Bonchev–Trinajstić information content (AvgIpc) is 2.47. The molecule has 0 bridgehead atoms. The van der Waals surface area contributed by atoms with Crippen molar-refractivity contribution < 1.29 is 9.53 Å². The standard InChI is InChI=1S/C14H17N3O2S/c1-16-6-8-17(9-7-16)14(18)10-19-13-4-2-12(3-5-13)15-11-20/h2-5H,6-10H2,1H3. The van der Waals surface area contributed by atoms with Gasteiger partial charge >= 0.3 is 0 Å². The van der Waals surface area contributed by atoms with Crippen LogP contribution in [0.3, 0.4) is 0 Å². The molecular formula is C14H17N3O2S. The summed E-state index contributed by atoms with van der Waals surface area (Å²) in [6.45, 7) is 3.42. The molecule has 1 saturated heterocycles. The number of carbonyl (C=O) groups is 1. The molecule has 2 rings (SSSR count). The van der Waals surface area contributed by atoms with Gasteiger partial charge in [0.05, 0.1) is 10.8 Å². The summed E-state index contributed by atoms with van der Waals surface area (Å²) >= 11 is 4.53. The number of ether oxygens (including phenoxy) is 1. The van der Waals surface area contributed by atoms with Gasteiger partial charge in [-0.1, -0.05) is 0 Å². The third-order valence-corrected chi connectivity index (χ3v) is 3.32. The highest BCUT2D eigenvalue weighted by Gasteiger charge is 2.19. The quantitative estimate of drug-likeness (QED) is 0.624. The molecule has 1 aromatic carbocycles. The normalized spacial score (nSPS) is 15.6. The summed E-state index contributed by atoms with van der Waals surface area (Å²) in [5, 5.41) is 2.30. The molecule has 0 aromatic heterocycles. The van der Waals surface area contributed by atoms with Gasteiger partial charge in [-0.3, -0.25) is 4.79 Å². The van der Waals surface area contributed by atoms with Crippen molar-refractivity contribution in [2.24, 2.45) is 4.99 Å². The Hall–Kier alpha value is -1.75. The minimum atomic E-state index is 0.0269. The predicted molar refractivity (Wildman–Crippen MR) is 80.7 cm³/mol. The lowest BCUT2D eigenvalue weighted by molar-refractivity contribution is -0.134. The lowest BCUT2D eigenvalue weighted by atomic mass is 10.3. The smallest absolute Gasteiger partial charge is 0.260 e. The maximum Gasteiger partial charge on any atom is 0.260 e. The van der Waals surface area contributed by atoms with Crippen molar-refractivity contribution in [3.8, 4) is 5.75 Å². The van der Waals surface area contributed by atoms with Crippen molar-refractivity contribution in [2.75, 3.05) is 39.8 Å². The summed E-state index contributed by atoms with van der Waals surface area (Å²) in [5.41, 5.74) is 0.720. The molecular weight excluding hydrogens is 274 g/mol. The van der Waals surface area contributed by atoms with E-state index < -0.39 is 0 Å². The number of thiocarbonyl (C=S) groups is 1. The highest BCUT2D eigenvalue weighted by molar-refractivity contribution is 7.78. The number of aliphatic imine (C=N–C) groups is 1. The third kappa shape index (κ3) is 4.13. The first-order valence-electron chi connectivity index (χ1n) is 6.46. The summed E-state index contributed by atoms with van der Waals surface area (Å²) in [6, 6.07) is 7.08. The lowest BCUT2D eigenvalue weighted by Gasteiger charge is -2.32. The van der Waals surface area contributed by atoms with Crippen molar-refractivity contribution in [1.82, 2.24) is 9.80 Å². The Bertz CT molecular complexity index is 504. The fraction of sp³-hybridized carbons (Fsp3) is 0.429. The van der Waals surface area contributed by atoms with Crippen LogP contribution in [-0.4, -0.2) is 60.7 Å². The van der Waals surface area contributed by atoms with Gasteiger partial charge in [0.25, 0.3) is 5.91 Å². The second-order valence-electron chi connectivity index (χ2n) is 4.67. The van der Waals surface area contributed by atoms with Crippen LogP contribution in [0.15, 0.2) is 29.3 Å². The van der Waals surface area contributed by atoms with Gasteiger partial charge in [-0.05, 0) is 43.5 Å². The molecule has 20 heavy (non-hydrogen) atoms. The molecule has 0 unspecified atom stereocenters. The summed E-state index contributed by atoms with van der Waals surface area (Å²) in [4.78, 5) is 19.9. The van der Waals surface area contributed by atoms with Gasteiger partial charge in [-0.15, -0.1) is 0 Å². The van der Waals surface area contributed by atoms with Gasteiger partial charge < -0.3 is 14.5 Å². The third-order valence-electron chi connectivity index (χ3n) is 3.23. The van der Waals surface area contributed by atoms with Gasteiger partial charge in [0, 0.05) is 26.2 Å². The minimum Gasteiger partial charge on any atom is -0.484 e.